The molecule has 158 valence electrons. The third kappa shape index (κ3) is 6.84. The number of hydrogen-bond acceptors (Lipinski definition) is 4. The number of carbonyl (C=O) groups is 1. The zero-order valence-electron chi connectivity index (χ0n) is 15.9. The second kappa shape index (κ2) is 10.6. The first-order valence-corrected chi connectivity index (χ1v) is 11.2. The molecule has 0 aromatic heterocycles. The lowest BCUT2D eigenvalue weighted by Crippen LogP contribution is -2.44. The molecular formula is C19H21Cl3N2O4S. The minimum atomic E-state index is -4.00. The summed E-state index contributed by atoms with van der Waals surface area (Å²) in [6.45, 7) is 1.57. The van der Waals surface area contributed by atoms with Crippen LogP contribution in [0.2, 0.25) is 15.1 Å². The first-order valence-electron chi connectivity index (χ1n) is 8.61. The zero-order chi connectivity index (χ0) is 21.6. The number of rotatable bonds is 9. The average molecular weight is 480 g/mol. The molecule has 2 aromatic carbocycles. The van der Waals surface area contributed by atoms with Crippen LogP contribution in [0.25, 0.3) is 0 Å². The highest BCUT2D eigenvalue weighted by Crippen LogP contribution is 2.25. The smallest absolute Gasteiger partial charge is 0.243 e. The molecule has 0 saturated carbocycles. The number of nitrogens with one attached hydrogen (secondary N) is 1. The number of amides is 1. The van der Waals surface area contributed by atoms with Crippen LogP contribution in [0.5, 0.6) is 0 Å². The van der Waals surface area contributed by atoms with Crippen LogP contribution < -0.4 is 5.32 Å². The van der Waals surface area contributed by atoms with Crippen LogP contribution in [-0.4, -0.2) is 44.9 Å². The van der Waals surface area contributed by atoms with Gasteiger partial charge >= 0.3 is 0 Å². The summed E-state index contributed by atoms with van der Waals surface area (Å²) in [4.78, 5) is 12.5. The van der Waals surface area contributed by atoms with Crippen molar-refractivity contribution in [2.45, 2.75) is 24.4 Å². The summed E-state index contributed by atoms with van der Waals surface area (Å²) in [6.07, 6.45) is 0. The molecule has 1 amide bonds. The highest BCUT2D eigenvalue weighted by molar-refractivity contribution is 7.89. The van der Waals surface area contributed by atoms with Crippen molar-refractivity contribution in [2.24, 2.45) is 0 Å². The summed E-state index contributed by atoms with van der Waals surface area (Å²) in [6, 6.07) is 10.2. The maximum atomic E-state index is 13.2. The lowest BCUT2D eigenvalue weighted by Gasteiger charge is -2.23. The number of hydrogen-bond donors (Lipinski definition) is 1. The summed E-state index contributed by atoms with van der Waals surface area (Å²) < 4.78 is 32.4. The zero-order valence-corrected chi connectivity index (χ0v) is 18.9. The molecule has 0 heterocycles. The van der Waals surface area contributed by atoms with Gasteiger partial charge in [0.25, 0.3) is 0 Å². The Kier molecular flexibility index (Phi) is 8.75. The van der Waals surface area contributed by atoms with Crippen molar-refractivity contribution in [1.82, 2.24) is 9.62 Å². The molecule has 0 bridgehead atoms. The van der Waals surface area contributed by atoms with E-state index in [1.807, 2.05) is 0 Å². The van der Waals surface area contributed by atoms with Crippen LogP contribution in [0.3, 0.4) is 0 Å². The molecular weight excluding hydrogens is 459 g/mol. The number of carbonyl (C=O) groups excluding carboxylic acids is 1. The first kappa shape index (κ1) is 23.9. The second-order valence-corrected chi connectivity index (χ2v) is 9.60. The molecule has 2 aromatic rings. The molecule has 1 atom stereocenters. The number of nitrogens with zero attached hydrogens (tertiary/aromatic N) is 1. The quantitative estimate of drug-likeness (QED) is 0.590. The number of ether oxygens (including phenoxy) is 1. The van der Waals surface area contributed by atoms with Crippen molar-refractivity contribution >= 4 is 50.7 Å². The number of methoxy groups -OCH3 is 1. The van der Waals surface area contributed by atoms with Crippen molar-refractivity contribution in [1.29, 1.82) is 0 Å². The molecule has 0 saturated heterocycles. The molecule has 0 aliphatic rings. The van der Waals surface area contributed by atoms with Gasteiger partial charge in [-0.15, -0.1) is 0 Å². The number of benzene rings is 2. The molecule has 0 radical (unpaired) electrons. The van der Waals surface area contributed by atoms with E-state index in [1.165, 1.54) is 37.4 Å². The Morgan fingerprint density at radius 2 is 1.72 bits per heavy atom. The minimum absolute atomic E-state index is 0.0183. The normalized spacial score (nSPS) is 12.8. The topological polar surface area (TPSA) is 75.7 Å². The Bertz CT molecular complexity index is 952. The lowest BCUT2D eigenvalue weighted by molar-refractivity contribution is -0.122. The van der Waals surface area contributed by atoms with Gasteiger partial charge in [-0.25, -0.2) is 8.42 Å². The van der Waals surface area contributed by atoms with Gasteiger partial charge in [-0.3, -0.25) is 4.79 Å². The summed E-state index contributed by atoms with van der Waals surface area (Å²) in [5.74, 6) is -0.461. The fourth-order valence-electron chi connectivity index (χ4n) is 2.59. The van der Waals surface area contributed by atoms with Crippen LogP contribution >= 0.6 is 34.8 Å². The molecule has 0 aliphatic carbocycles. The Balaban J connectivity index is 2.33. The fraction of sp³-hybridized carbons (Fsp3) is 0.316. The van der Waals surface area contributed by atoms with E-state index in [4.69, 9.17) is 39.5 Å². The van der Waals surface area contributed by atoms with Gasteiger partial charge in [0.05, 0.1) is 18.0 Å². The fourth-order valence-corrected chi connectivity index (χ4v) is 4.56. The summed E-state index contributed by atoms with van der Waals surface area (Å²) >= 11 is 18.0. The van der Waals surface area contributed by atoms with E-state index >= 15 is 0 Å². The molecule has 6 nitrogen and oxygen atoms in total. The predicted octanol–water partition coefficient (Wildman–Crippen LogP) is 3.99. The van der Waals surface area contributed by atoms with Crippen LogP contribution in [0.4, 0.5) is 0 Å². The van der Waals surface area contributed by atoms with E-state index in [1.54, 1.807) is 19.1 Å². The van der Waals surface area contributed by atoms with Crippen LogP contribution in [0, 0.1) is 0 Å². The van der Waals surface area contributed by atoms with Gasteiger partial charge in [0.2, 0.25) is 15.9 Å². The van der Waals surface area contributed by atoms with Crippen molar-refractivity contribution < 1.29 is 17.9 Å². The largest absolute Gasteiger partial charge is 0.383 e. The Labute approximate surface area is 185 Å². The summed E-state index contributed by atoms with van der Waals surface area (Å²) in [5, 5.41) is 3.85. The van der Waals surface area contributed by atoms with E-state index in [-0.39, 0.29) is 17.5 Å². The van der Waals surface area contributed by atoms with E-state index in [0.717, 1.165) is 4.31 Å². The summed E-state index contributed by atoms with van der Waals surface area (Å²) in [7, 11) is -2.48. The Hall–Kier alpha value is -1.35. The maximum Gasteiger partial charge on any atom is 0.243 e. The highest BCUT2D eigenvalue weighted by atomic mass is 35.5. The highest BCUT2D eigenvalue weighted by Gasteiger charge is 2.28. The first-order chi connectivity index (χ1) is 13.6. The van der Waals surface area contributed by atoms with Gasteiger partial charge < -0.3 is 10.1 Å². The van der Waals surface area contributed by atoms with Gasteiger partial charge in [-0.05, 0) is 48.9 Å². The van der Waals surface area contributed by atoms with E-state index in [2.05, 4.69) is 5.32 Å². The standard InChI is InChI=1S/C19H21Cl3N2O4S/c1-13(12-28-2)23-19(25)11-24(10-14-3-4-16(21)9-18(14)22)29(26,27)17-7-5-15(20)6-8-17/h3-9,13H,10-12H2,1-2H3,(H,23,25)/t13-/m1/s1. The average Bonchev–Trinajstić information content (AvgIpc) is 2.63. The molecule has 10 heteroatoms. The molecule has 29 heavy (non-hydrogen) atoms. The third-order valence-electron chi connectivity index (χ3n) is 3.96. The maximum absolute atomic E-state index is 13.2. The minimum Gasteiger partial charge on any atom is -0.383 e. The van der Waals surface area contributed by atoms with Crippen LogP contribution in [-0.2, 0) is 26.1 Å². The van der Waals surface area contributed by atoms with Gasteiger partial charge in [-0.1, -0.05) is 40.9 Å². The molecule has 2 rings (SSSR count). The number of sulfonamides is 1. The Morgan fingerprint density at radius 1 is 1.10 bits per heavy atom. The van der Waals surface area contributed by atoms with E-state index in [0.29, 0.717) is 27.2 Å². The molecule has 0 fully saturated rings. The van der Waals surface area contributed by atoms with Crippen molar-refractivity contribution in [3.05, 3.63) is 63.1 Å². The van der Waals surface area contributed by atoms with Crippen molar-refractivity contribution in [3.63, 3.8) is 0 Å². The molecule has 0 spiro atoms. The van der Waals surface area contributed by atoms with Crippen molar-refractivity contribution in [3.8, 4) is 0 Å². The molecule has 0 aliphatic heterocycles. The molecule has 0 unspecified atom stereocenters. The van der Waals surface area contributed by atoms with Gasteiger partial charge in [-0.2, -0.15) is 4.31 Å². The third-order valence-corrected chi connectivity index (χ3v) is 6.60. The van der Waals surface area contributed by atoms with E-state index < -0.39 is 22.5 Å². The van der Waals surface area contributed by atoms with Crippen LogP contribution in [0.1, 0.15) is 12.5 Å². The van der Waals surface area contributed by atoms with Gasteiger partial charge in [0.15, 0.2) is 0 Å². The lowest BCUT2D eigenvalue weighted by atomic mass is 10.2. The monoisotopic (exact) mass is 478 g/mol. The van der Waals surface area contributed by atoms with Gasteiger partial charge in [0.1, 0.15) is 0 Å². The van der Waals surface area contributed by atoms with E-state index in [9.17, 15) is 13.2 Å². The van der Waals surface area contributed by atoms with Crippen LogP contribution in [0.15, 0.2) is 47.4 Å². The molecule has 1 N–H and O–H groups in total. The summed E-state index contributed by atoms with van der Waals surface area (Å²) in [5.41, 5.74) is 0.520. The Morgan fingerprint density at radius 3 is 2.31 bits per heavy atom. The van der Waals surface area contributed by atoms with Crippen molar-refractivity contribution in [2.75, 3.05) is 20.3 Å². The van der Waals surface area contributed by atoms with Gasteiger partial charge in [0, 0.05) is 34.8 Å². The predicted molar refractivity (Wildman–Crippen MR) is 115 cm³/mol. The SMILES string of the molecule is COC[C@@H](C)NC(=O)CN(Cc1ccc(Cl)cc1Cl)S(=O)(=O)c1ccc(Cl)cc1. The number of halogens is 3. The second-order valence-electron chi connectivity index (χ2n) is 6.39.